The molecule has 0 N–H and O–H groups in total. The van der Waals surface area contributed by atoms with E-state index in [-0.39, 0.29) is 17.0 Å². The molecule has 30 heavy (non-hydrogen) atoms. The van der Waals surface area contributed by atoms with Crippen LogP contribution in [0.15, 0.2) is 42.6 Å². The number of hydrogen-bond donors (Lipinski definition) is 0. The lowest BCUT2D eigenvalue weighted by Gasteiger charge is -2.25. The quantitative estimate of drug-likeness (QED) is 0.501. The minimum atomic E-state index is -0.795. The maximum atomic E-state index is 12.4. The van der Waals surface area contributed by atoms with Crippen molar-refractivity contribution in [2.24, 2.45) is 0 Å². The van der Waals surface area contributed by atoms with Gasteiger partial charge in [-0.25, -0.2) is 4.79 Å². The minimum Gasteiger partial charge on any atom is -0.493 e. The Balaban J connectivity index is 1.73. The van der Waals surface area contributed by atoms with Crippen LogP contribution in [0.5, 0.6) is 11.5 Å². The zero-order valence-electron chi connectivity index (χ0n) is 17.6. The number of benzene rings is 1. The van der Waals surface area contributed by atoms with E-state index in [2.05, 4.69) is 4.98 Å². The fourth-order valence-electron chi connectivity index (χ4n) is 3.04. The fourth-order valence-corrected chi connectivity index (χ4v) is 4.24. The molecule has 1 aromatic heterocycles. The predicted molar refractivity (Wildman–Crippen MR) is 115 cm³/mol. The number of hydrogen-bond acceptors (Lipinski definition) is 7. The average molecular weight is 431 g/mol. The van der Waals surface area contributed by atoms with Gasteiger partial charge in [0.05, 0.1) is 12.9 Å². The summed E-state index contributed by atoms with van der Waals surface area (Å²) in [5, 5.41) is -0.134. The van der Waals surface area contributed by atoms with Gasteiger partial charge < -0.3 is 19.1 Å². The maximum Gasteiger partial charge on any atom is 0.514 e. The summed E-state index contributed by atoms with van der Waals surface area (Å²) in [6, 6.07) is 11.1. The van der Waals surface area contributed by atoms with Crippen molar-refractivity contribution in [3.05, 3.63) is 53.9 Å². The zero-order valence-corrected chi connectivity index (χ0v) is 18.4. The first-order valence-electron chi connectivity index (χ1n) is 9.66. The highest BCUT2D eigenvalue weighted by Crippen LogP contribution is 2.41. The maximum absolute atomic E-state index is 12.4. The van der Waals surface area contributed by atoms with Gasteiger partial charge in [0.1, 0.15) is 11.0 Å². The molecule has 1 aliphatic heterocycles. The number of ether oxygens (including phenoxy) is 3. The largest absolute Gasteiger partial charge is 0.514 e. The molecule has 8 heteroatoms. The second-order valence-electron chi connectivity index (χ2n) is 7.80. The molecule has 1 fully saturated rings. The van der Waals surface area contributed by atoms with Crippen LogP contribution in [-0.2, 0) is 16.0 Å². The topological polar surface area (TPSA) is 78.0 Å². The summed E-state index contributed by atoms with van der Waals surface area (Å²) in [4.78, 5) is 30.6. The molecule has 1 unspecified atom stereocenters. The van der Waals surface area contributed by atoms with Gasteiger partial charge in [0.15, 0.2) is 11.5 Å². The van der Waals surface area contributed by atoms with Crippen molar-refractivity contribution < 1.29 is 23.8 Å². The molecule has 1 atom stereocenters. The standard InChI is InChI=1S/C22H26N2O5S/c1-22(2,3)29-21(26)28-17-9-8-15(13-18(17)27-4)20-24(19(25)14-30-20)12-10-16-7-5-6-11-23-16/h5-9,11,13,20H,10,12,14H2,1-4H3. The lowest BCUT2D eigenvalue weighted by Crippen LogP contribution is -2.30. The Bertz CT molecular complexity index is 898. The van der Waals surface area contributed by atoms with Crippen molar-refractivity contribution in [1.29, 1.82) is 0 Å². The summed E-state index contributed by atoms with van der Waals surface area (Å²) in [7, 11) is 1.51. The van der Waals surface area contributed by atoms with Crippen molar-refractivity contribution in [3.8, 4) is 11.5 Å². The van der Waals surface area contributed by atoms with Crippen LogP contribution in [0, 0.1) is 0 Å². The number of amides is 1. The van der Waals surface area contributed by atoms with E-state index < -0.39 is 11.8 Å². The van der Waals surface area contributed by atoms with Crippen molar-refractivity contribution in [2.45, 2.75) is 38.2 Å². The number of methoxy groups -OCH3 is 1. The summed E-state index contributed by atoms with van der Waals surface area (Å²) in [5.74, 6) is 1.19. The Hall–Kier alpha value is -2.74. The van der Waals surface area contributed by atoms with E-state index in [0.717, 1.165) is 11.3 Å². The molecule has 2 heterocycles. The van der Waals surface area contributed by atoms with Gasteiger partial charge in [-0.1, -0.05) is 12.1 Å². The van der Waals surface area contributed by atoms with Crippen molar-refractivity contribution in [3.63, 3.8) is 0 Å². The number of carbonyl (C=O) groups excluding carboxylic acids is 2. The second kappa shape index (κ2) is 9.38. The number of pyridine rings is 1. The Kier molecular flexibility index (Phi) is 6.87. The van der Waals surface area contributed by atoms with Gasteiger partial charge in [-0.2, -0.15) is 0 Å². The summed E-state index contributed by atoms with van der Waals surface area (Å²) in [6.07, 6.45) is 1.64. The summed E-state index contributed by atoms with van der Waals surface area (Å²) in [5.41, 5.74) is 1.19. The molecule has 1 aliphatic rings. The first-order chi connectivity index (χ1) is 14.3. The van der Waals surface area contributed by atoms with Crippen LogP contribution in [0.1, 0.15) is 37.4 Å². The summed E-state index contributed by atoms with van der Waals surface area (Å²) < 4.78 is 15.9. The van der Waals surface area contributed by atoms with E-state index >= 15 is 0 Å². The number of nitrogens with zero attached hydrogens (tertiary/aromatic N) is 2. The number of aromatic nitrogens is 1. The van der Waals surface area contributed by atoms with E-state index in [1.807, 2.05) is 29.2 Å². The van der Waals surface area contributed by atoms with E-state index in [9.17, 15) is 9.59 Å². The van der Waals surface area contributed by atoms with Crippen LogP contribution in [0.3, 0.4) is 0 Å². The highest BCUT2D eigenvalue weighted by atomic mass is 32.2. The summed E-state index contributed by atoms with van der Waals surface area (Å²) in [6.45, 7) is 5.87. The Morgan fingerprint density at radius 2 is 2.03 bits per heavy atom. The molecular formula is C22H26N2O5S. The molecule has 0 spiro atoms. The molecule has 7 nitrogen and oxygen atoms in total. The lowest BCUT2D eigenvalue weighted by atomic mass is 10.1. The summed E-state index contributed by atoms with van der Waals surface area (Å²) >= 11 is 1.56. The van der Waals surface area contributed by atoms with Crippen LogP contribution >= 0.6 is 11.8 Å². The minimum absolute atomic E-state index is 0.0916. The lowest BCUT2D eigenvalue weighted by molar-refractivity contribution is -0.128. The van der Waals surface area contributed by atoms with E-state index in [1.54, 1.807) is 50.9 Å². The molecule has 0 bridgehead atoms. The molecule has 0 radical (unpaired) electrons. The Morgan fingerprint density at radius 1 is 1.23 bits per heavy atom. The van der Waals surface area contributed by atoms with Gasteiger partial charge >= 0.3 is 6.16 Å². The molecule has 160 valence electrons. The Labute approximate surface area is 180 Å². The van der Waals surface area contributed by atoms with Gasteiger partial charge in [-0.3, -0.25) is 9.78 Å². The fraction of sp³-hybridized carbons (Fsp3) is 0.409. The molecule has 0 aliphatic carbocycles. The molecule has 0 saturated carbocycles. The third kappa shape index (κ3) is 5.66. The van der Waals surface area contributed by atoms with Gasteiger partial charge in [0.25, 0.3) is 0 Å². The normalized spacial score (nSPS) is 16.5. The molecule has 3 rings (SSSR count). The molecule has 2 aromatic rings. The Morgan fingerprint density at radius 3 is 2.70 bits per heavy atom. The van der Waals surface area contributed by atoms with Crippen molar-refractivity contribution >= 4 is 23.8 Å². The average Bonchev–Trinajstić information content (AvgIpc) is 3.06. The molecule has 1 aromatic carbocycles. The van der Waals surface area contributed by atoms with Gasteiger partial charge in [-0.15, -0.1) is 11.8 Å². The van der Waals surface area contributed by atoms with Gasteiger partial charge in [-0.05, 0) is 50.6 Å². The molecule has 1 saturated heterocycles. The third-order valence-corrected chi connectivity index (χ3v) is 5.61. The smallest absolute Gasteiger partial charge is 0.493 e. The SMILES string of the molecule is COc1cc(C2SCC(=O)N2CCc2ccccn2)ccc1OC(=O)OC(C)(C)C. The first kappa shape index (κ1) is 22.0. The number of carbonyl (C=O) groups is 2. The van der Waals surface area contributed by atoms with Crippen LogP contribution in [0.2, 0.25) is 0 Å². The zero-order chi connectivity index (χ0) is 21.7. The highest BCUT2D eigenvalue weighted by molar-refractivity contribution is 8.00. The van der Waals surface area contributed by atoms with Crippen LogP contribution in [0.25, 0.3) is 0 Å². The van der Waals surface area contributed by atoms with Crippen LogP contribution < -0.4 is 9.47 Å². The van der Waals surface area contributed by atoms with E-state index in [4.69, 9.17) is 14.2 Å². The van der Waals surface area contributed by atoms with Crippen LogP contribution in [-0.4, -0.2) is 47.0 Å². The monoisotopic (exact) mass is 430 g/mol. The van der Waals surface area contributed by atoms with Crippen LogP contribution in [0.4, 0.5) is 4.79 Å². The second-order valence-corrected chi connectivity index (χ2v) is 8.87. The van der Waals surface area contributed by atoms with E-state index in [0.29, 0.717) is 24.5 Å². The highest BCUT2D eigenvalue weighted by Gasteiger charge is 2.33. The molecule has 1 amide bonds. The third-order valence-electron chi connectivity index (χ3n) is 4.36. The first-order valence-corrected chi connectivity index (χ1v) is 10.7. The number of thioether (sulfide) groups is 1. The predicted octanol–water partition coefficient (Wildman–Crippen LogP) is 4.22. The van der Waals surface area contributed by atoms with E-state index in [1.165, 1.54) is 7.11 Å². The van der Waals surface area contributed by atoms with Crippen molar-refractivity contribution in [1.82, 2.24) is 9.88 Å². The van der Waals surface area contributed by atoms with Gasteiger partial charge in [0, 0.05) is 24.9 Å². The number of rotatable bonds is 6. The molecular weight excluding hydrogens is 404 g/mol. The van der Waals surface area contributed by atoms with Crippen molar-refractivity contribution in [2.75, 3.05) is 19.4 Å². The van der Waals surface area contributed by atoms with Gasteiger partial charge in [0.2, 0.25) is 5.91 Å².